The van der Waals surface area contributed by atoms with Gasteiger partial charge in [0.1, 0.15) is 0 Å². The van der Waals surface area contributed by atoms with E-state index < -0.39 is 0 Å². The highest BCUT2D eigenvalue weighted by molar-refractivity contribution is 4.87. The van der Waals surface area contributed by atoms with Crippen molar-refractivity contribution in [3.63, 3.8) is 0 Å². The van der Waals surface area contributed by atoms with Gasteiger partial charge in [-0.2, -0.15) is 0 Å². The van der Waals surface area contributed by atoms with E-state index in [-0.39, 0.29) is 0 Å². The van der Waals surface area contributed by atoms with E-state index in [9.17, 15) is 0 Å². The van der Waals surface area contributed by atoms with Crippen LogP contribution in [0.15, 0.2) is 0 Å². The van der Waals surface area contributed by atoms with Crippen molar-refractivity contribution in [1.82, 2.24) is 0 Å². The van der Waals surface area contributed by atoms with E-state index in [4.69, 9.17) is 4.74 Å². The molecule has 0 aromatic rings. The monoisotopic (exact) mass is 294 g/mol. The SMILES string of the molecule is CCC1(CC)CCC(OC2CCC(CC)(CC)CC2)CC1. The molecule has 0 unspecified atom stereocenters. The molecule has 0 aromatic heterocycles. The van der Waals surface area contributed by atoms with Crippen LogP contribution in [0.2, 0.25) is 0 Å². The van der Waals surface area contributed by atoms with Crippen LogP contribution in [0.3, 0.4) is 0 Å². The summed E-state index contributed by atoms with van der Waals surface area (Å²) in [6.07, 6.45) is 17.4. The van der Waals surface area contributed by atoms with Crippen molar-refractivity contribution >= 4 is 0 Å². The van der Waals surface area contributed by atoms with Gasteiger partial charge in [0.25, 0.3) is 0 Å². The molecule has 21 heavy (non-hydrogen) atoms. The first-order chi connectivity index (χ1) is 10.1. The van der Waals surface area contributed by atoms with Gasteiger partial charge in [0.15, 0.2) is 0 Å². The Bertz CT molecular complexity index is 251. The van der Waals surface area contributed by atoms with E-state index in [0.717, 1.165) is 0 Å². The molecule has 0 aromatic carbocycles. The summed E-state index contributed by atoms with van der Waals surface area (Å²) in [7, 11) is 0. The zero-order valence-electron chi connectivity index (χ0n) is 15.0. The number of ether oxygens (including phenoxy) is 1. The molecule has 0 amide bonds. The summed E-state index contributed by atoms with van der Waals surface area (Å²) in [5.41, 5.74) is 1.29. The molecule has 0 aliphatic heterocycles. The van der Waals surface area contributed by atoms with Gasteiger partial charge in [0.2, 0.25) is 0 Å². The maximum absolute atomic E-state index is 6.50. The Morgan fingerprint density at radius 1 is 0.619 bits per heavy atom. The van der Waals surface area contributed by atoms with Crippen LogP contribution < -0.4 is 0 Å². The van der Waals surface area contributed by atoms with Crippen molar-refractivity contribution in [3.05, 3.63) is 0 Å². The van der Waals surface area contributed by atoms with Gasteiger partial charge in [-0.05, 0) is 62.2 Å². The van der Waals surface area contributed by atoms with Crippen molar-refractivity contribution in [3.8, 4) is 0 Å². The minimum Gasteiger partial charge on any atom is -0.375 e. The summed E-state index contributed by atoms with van der Waals surface area (Å²) in [6.45, 7) is 9.50. The molecular formula is C20H38O. The van der Waals surface area contributed by atoms with Crippen LogP contribution in [0.4, 0.5) is 0 Å². The third-order valence-corrected chi connectivity index (χ3v) is 7.37. The standard InChI is InChI=1S/C20H38O/c1-5-19(6-2)13-9-17(10-14-19)21-18-11-15-20(7-3,8-4)16-12-18/h17-18H,5-16H2,1-4H3. The summed E-state index contributed by atoms with van der Waals surface area (Å²) in [5.74, 6) is 0. The summed E-state index contributed by atoms with van der Waals surface area (Å²) < 4.78 is 6.50. The molecule has 0 saturated heterocycles. The molecule has 0 radical (unpaired) electrons. The van der Waals surface area contributed by atoms with Crippen LogP contribution >= 0.6 is 0 Å². The van der Waals surface area contributed by atoms with E-state index in [1.54, 1.807) is 0 Å². The average Bonchev–Trinajstić information content (AvgIpc) is 2.57. The molecule has 2 saturated carbocycles. The Labute approximate surface area is 133 Å². The zero-order valence-corrected chi connectivity index (χ0v) is 15.0. The normalized spacial score (nSPS) is 26.9. The number of hydrogen-bond acceptors (Lipinski definition) is 1. The highest BCUT2D eigenvalue weighted by Gasteiger charge is 2.36. The van der Waals surface area contributed by atoms with Gasteiger partial charge in [0.05, 0.1) is 12.2 Å². The molecular weight excluding hydrogens is 256 g/mol. The van der Waals surface area contributed by atoms with Crippen molar-refractivity contribution < 1.29 is 4.74 Å². The van der Waals surface area contributed by atoms with Crippen LogP contribution in [0.5, 0.6) is 0 Å². The zero-order chi connectivity index (χ0) is 15.3. The molecule has 0 heterocycles. The van der Waals surface area contributed by atoms with Gasteiger partial charge < -0.3 is 4.74 Å². The molecule has 2 fully saturated rings. The molecule has 124 valence electrons. The fraction of sp³-hybridized carbons (Fsp3) is 1.00. The van der Waals surface area contributed by atoms with Crippen LogP contribution in [-0.4, -0.2) is 12.2 Å². The summed E-state index contributed by atoms with van der Waals surface area (Å²) in [6, 6.07) is 0. The first kappa shape index (κ1) is 17.3. The summed E-state index contributed by atoms with van der Waals surface area (Å²) in [5, 5.41) is 0. The Balaban J connectivity index is 1.75. The van der Waals surface area contributed by atoms with E-state index in [1.807, 2.05) is 0 Å². The Morgan fingerprint density at radius 3 is 1.14 bits per heavy atom. The molecule has 1 heteroatoms. The minimum absolute atomic E-state index is 0.567. The smallest absolute Gasteiger partial charge is 0.0579 e. The van der Waals surface area contributed by atoms with E-state index >= 15 is 0 Å². The quantitative estimate of drug-likeness (QED) is 0.543. The molecule has 0 spiro atoms. The van der Waals surface area contributed by atoms with E-state index in [1.165, 1.54) is 77.0 Å². The average molecular weight is 295 g/mol. The van der Waals surface area contributed by atoms with Crippen molar-refractivity contribution in [2.75, 3.05) is 0 Å². The lowest BCUT2D eigenvalue weighted by molar-refractivity contribution is -0.0779. The maximum Gasteiger partial charge on any atom is 0.0579 e. The Morgan fingerprint density at radius 2 is 0.905 bits per heavy atom. The van der Waals surface area contributed by atoms with Gasteiger partial charge >= 0.3 is 0 Å². The predicted molar refractivity (Wildman–Crippen MR) is 91.6 cm³/mol. The fourth-order valence-corrected chi connectivity index (χ4v) is 4.87. The number of hydrogen-bond donors (Lipinski definition) is 0. The van der Waals surface area contributed by atoms with Gasteiger partial charge in [-0.1, -0.05) is 53.4 Å². The Hall–Kier alpha value is -0.0400. The molecule has 1 nitrogen and oxygen atoms in total. The highest BCUT2D eigenvalue weighted by Crippen LogP contribution is 2.45. The van der Waals surface area contributed by atoms with Crippen LogP contribution in [0.25, 0.3) is 0 Å². The molecule has 2 aliphatic carbocycles. The second-order valence-electron chi connectivity index (χ2n) is 7.95. The first-order valence-electron chi connectivity index (χ1n) is 9.76. The fourth-order valence-electron chi connectivity index (χ4n) is 4.87. The van der Waals surface area contributed by atoms with Crippen LogP contribution in [0, 0.1) is 10.8 Å². The summed E-state index contributed by atoms with van der Waals surface area (Å²) in [4.78, 5) is 0. The van der Waals surface area contributed by atoms with Gasteiger partial charge in [-0.25, -0.2) is 0 Å². The third kappa shape index (κ3) is 4.03. The van der Waals surface area contributed by atoms with Crippen molar-refractivity contribution in [2.45, 2.75) is 117 Å². The molecule has 0 N–H and O–H groups in total. The lowest BCUT2D eigenvalue weighted by Gasteiger charge is -2.43. The highest BCUT2D eigenvalue weighted by atomic mass is 16.5. The largest absolute Gasteiger partial charge is 0.375 e. The predicted octanol–water partition coefficient (Wildman–Crippen LogP) is 6.50. The second-order valence-corrected chi connectivity index (χ2v) is 7.95. The third-order valence-electron chi connectivity index (χ3n) is 7.37. The second kappa shape index (κ2) is 7.49. The molecule has 2 rings (SSSR count). The lowest BCUT2D eigenvalue weighted by Crippen LogP contribution is -2.35. The topological polar surface area (TPSA) is 9.23 Å². The van der Waals surface area contributed by atoms with Crippen LogP contribution in [-0.2, 0) is 4.74 Å². The molecule has 0 bridgehead atoms. The van der Waals surface area contributed by atoms with Gasteiger partial charge in [0, 0.05) is 0 Å². The Kier molecular flexibility index (Phi) is 6.17. The van der Waals surface area contributed by atoms with Crippen LogP contribution in [0.1, 0.15) is 105 Å². The van der Waals surface area contributed by atoms with Crippen molar-refractivity contribution in [2.24, 2.45) is 10.8 Å². The van der Waals surface area contributed by atoms with E-state index in [0.29, 0.717) is 23.0 Å². The van der Waals surface area contributed by atoms with Gasteiger partial charge in [-0.3, -0.25) is 0 Å². The van der Waals surface area contributed by atoms with E-state index in [2.05, 4.69) is 27.7 Å². The molecule has 2 aliphatic rings. The number of rotatable bonds is 6. The first-order valence-corrected chi connectivity index (χ1v) is 9.76. The lowest BCUT2D eigenvalue weighted by atomic mass is 9.69. The maximum atomic E-state index is 6.50. The summed E-state index contributed by atoms with van der Waals surface area (Å²) >= 11 is 0. The van der Waals surface area contributed by atoms with Gasteiger partial charge in [-0.15, -0.1) is 0 Å². The van der Waals surface area contributed by atoms with Crippen molar-refractivity contribution in [1.29, 1.82) is 0 Å². The molecule has 0 atom stereocenters. The minimum atomic E-state index is 0.567.